The third kappa shape index (κ3) is 4.43. The lowest BCUT2D eigenvalue weighted by Crippen LogP contribution is -2.33. The lowest BCUT2D eigenvalue weighted by molar-refractivity contribution is -0.119. The molecule has 3 aromatic rings. The second-order valence-electron chi connectivity index (χ2n) is 6.72. The number of cyclic esters (lactones) is 1. The van der Waals surface area contributed by atoms with Crippen LogP contribution in [-0.4, -0.2) is 46.4 Å². The van der Waals surface area contributed by atoms with Crippen molar-refractivity contribution in [3.05, 3.63) is 59.1 Å². The minimum absolute atomic E-state index is 0.209. The smallest absolute Gasteiger partial charge is 0.414 e. The molecule has 1 atom stereocenters. The Hall–Kier alpha value is -3.40. The van der Waals surface area contributed by atoms with Gasteiger partial charge in [-0.3, -0.25) is 14.7 Å². The van der Waals surface area contributed by atoms with Gasteiger partial charge in [0.2, 0.25) is 5.91 Å². The molecule has 0 aliphatic carbocycles. The lowest BCUT2D eigenvalue weighted by atomic mass is 10.2. The third-order valence-corrected chi connectivity index (χ3v) is 5.43. The summed E-state index contributed by atoms with van der Waals surface area (Å²) >= 11 is 1.30. The zero-order valence-electron chi connectivity index (χ0n) is 16.0. The number of carbonyl (C=O) groups excluding carboxylic acids is 2. The van der Waals surface area contributed by atoms with Gasteiger partial charge in [-0.05, 0) is 30.3 Å². The van der Waals surface area contributed by atoms with E-state index in [4.69, 9.17) is 4.74 Å². The van der Waals surface area contributed by atoms with Crippen LogP contribution in [0.15, 0.2) is 42.6 Å². The molecule has 30 heavy (non-hydrogen) atoms. The van der Waals surface area contributed by atoms with Crippen molar-refractivity contribution in [2.24, 2.45) is 0 Å². The molecule has 2 aromatic heterocycles. The number of nitrogens with one attached hydrogen (secondary N) is 1. The molecule has 0 bridgehead atoms. The van der Waals surface area contributed by atoms with E-state index in [1.807, 2.05) is 18.2 Å². The van der Waals surface area contributed by atoms with Crippen molar-refractivity contribution in [3.8, 4) is 10.6 Å². The Morgan fingerprint density at radius 2 is 2.20 bits per heavy atom. The van der Waals surface area contributed by atoms with E-state index in [1.165, 1.54) is 29.2 Å². The fourth-order valence-corrected chi connectivity index (χ4v) is 3.92. The number of anilines is 1. The van der Waals surface area contributed by atoms with Crippen LogP contribution in [-0.2, 0) is 16.0 Å². The number of nitrogens with zero attached hydrogens (tertiary/aromatic N) is 4. The van der Waals surface area contributed by atoms with Crippen LogP contribution in [0.25, 0.3) is 10.6 Å². The molecule has 8 nitrogen and oxygen atoms in total. The molecule has 1 N–H and O–H groups in total. The minimum Gasteiger partial charge on any atom is -0.442 e. The summed E-state index contributed by atoms with van der Waals surface area (Å²) in [4.78, 5) is 28.7. The predicted octanol–water partition coefficient (Wildman–Crippen LogP) is 2.79. The number of carbonyl (C=O) groups is 2. The average Bonchev–Trinajstić information content (AvgIpc) is 3.33. The third-order valence-electron chi connectivity index (χ3n) is 4.47. The molecular weight excluding hydrogens is 409 g/mol. The highest BCUT2D eigenvalue weighted by Crippen LogP contribution is 2.31. The zero-order valence-corrected chi connectivity index (χ0v) is 16.9. The van der Waals surface area contributed by atoms with E-state index in [0.29, 0.717) is 22.7 Å². The summed E-state index contributed by atoms with van der Waals surface area (Å²) in [7, 11) is 0. The first-order valence-electron chi connectivity index (χ1n) is 9.24. The molecule has 1 aliphatic heterocycles. The fourth-order valence-electron chi connectivity index (χ4n) is 3.03. The number of ether oxygens (including phenoxy) is 1. The highest BCUT2D eigenvalue weighted by Gasteiger charge is 2.32. The summed E-state index contributed by atoms with van der Waals surface area (Å²) in [5.74, 6) is -0.717. The van der Waals surface area contributed by atoms with E-state index in [-0.39, 0.29) is 19.0 Å². The van der Waals surface area contributed by atoms with E-state index in [1.54, 1.807) is 18.3 Å². The number of benzene rings is 1. The first kappa shape index (κ1) is 19.9. The van der Waals surface area contributed by atoms with Crippen molar-refractivity contribution < 1.29 is 18.7 Å². The van der Waals surface area contributed by atoms with Gasteiger partial charge in [0.25, 0.3) is 0 Å². The Morgan fingerprint density at radius 1 is 1.33 bits per heavy atom. The van der Waals surface area contributed by atoms with Crippen molar-refractivity contribution in [2.45, 2.75) is 19.4 Å². The van der Waals surface area contributed by atoms with Crippen LogP contribution in [0.4, 0.5) is 14.9 Å². The molecule has 10 heteroatoms. The Morgan fingerprint density at radius 3 is 2.93 bits per heavy atom. The van der Waals surface area contributed by atoms with Gasteiger partial charge in [0, 0.05) is 30.8 Å². The van der Waals surface area contributed by atoms with Crippen LogP contribution in [0.3, 0.4) is 0 Å². The maximum atomic E-state index is 14.8. The highest BCUT2D eigenvalue weighted by atomic mass is 32.1. The van der Waals surface area contributed by atoms with Gasteiger partial charge >= 0.3 is 6.09 Å². The Bertz CT molecular complexity index is 1080. The number of halogens is 1. The van der Waals surface area contributed by atoms with Gasteiger partial charge in [-0.1, -0.05) is 17.4 Å². The largest absolute Gasteiger partial charge is 0.442 e. The van der Waals surface area contributed by atoms with Gasteiger partial charge in [-0.15, -0.1) is 10.2 Å². The van der Waals surface area contributed by atoms with Gasteiger partial charge in [-0.25, -0.2) is 9.18 Å². The number of amides is 2. The predicted molar refractivity (Wildman–Crippen MR) is 109 cm³/mol. The summed E-state index contributed by atoms with van der Waals surface area (Å²) in [5.41, 5.74) is 1.55. The number of pyridine rings is 1. The molecule has 0 unspecified atom stereocenters. The summed E-state index contributed by atoms with van der Waals surface area (Å²) in [6.07, 6.45) is 1.17. The molecule has 1 aromatic carbocycles. The molecule has 3 heterocycles. The van der Waals surface area contributed by atoms with Crippen LogP contribution in [0.5, 0.6) is 0 Å². The Balaban J connectivity index is 1.47. The molecule has 0 spiro atoms. The van der Waals surface area contributed by atoms with Crippen LogP contribution in [0.2, 0.25) is 0 Å². The van der Waals surface area contributed by atoms with Crippen molar-refractivity contribution in [2.75, 3.05) is 18.0 Å². The molecule has 0 radical (unpaired) electrons. The maximum Gasteiger partial charge on any atom is 0.414 e. The first-order chi connectivity index (χ1) is 14.5. The molecular formula is C20H18FN5O3S. The summed E-state index contributed by atoms with van der Waals surface area (Å²) in [5, 5.41) is 12.0. The van der Waals surface area contributed by atoms with E-state index in [9.17, 15) is 14.0 Å². The summed E-state index contributed by atoms with van der Waals surface area (Å²) in [6.45, 7) is 1.82. The van der Waals surface area contributed by atoms with Gasteiger partial charge in [0.1, 0.15) is 16.9 Å². The van der Waals surface area contributed by atoms with E-state index < -0.39 is 18.0 Å². The molecule has 0 saturated carbocycles. The standard InChI is InChI=1S/C20H18FN5O3S/c1-12(27)23-10-15-11-26(20(28)29-15)14-5-6-16(17(21)9-14)19-25-24-18(30-19)8-13-4-2-3-7-22-13/h2-7,9,15H,8,10-11H2,1H3,(H,23,27)/t15-/m0/s1. The van der Waals surface area contributed by atoms with E-state index >= 15 is 0 Å². The second-order valence-corrected chi connectivity index (χ2v) is 7.78. The Kier molecular flexibility index (Phi) is 5.66. The number of rotatable bonds is 6. The van der Waals surface area contributed by atoms with E-state index in [2.05, 4.69) is 20.5 Å². The van der Waals surface area contributed by atoms with E-state index in [0.717, 1.165) is 10.7 Å². The first-order valence-corrected chi connectivity index (χ1v) is 10.1. The topological polar surface area (TPSA) is 97.3 Å². The van der Waals surface area contributed by atoms with Crippen LogP contribution in [0.1, 0.15) is 17.6 Å². The fraction of sp³-hybridized carbons (Fsp3) is 0.250. The summed E-state index contributed by atoms with van der Waals surface area (Å²) < 4.78 is 20.0. The highest BCUT2D eigenvalue weighted by molar-refractivity contribution is 7.14. The number of hydrogen-bond donors (Lipinski definition) is 1. The maximum absolute atomic E-state index is 14.8. The van der Waals surface area contributed by atoms with Gasteiger partial charge < -0.3 is 10.1 Å². The van der Waals surface area contributed by atoms with Crippen LogP contribution in [0, 0.1) is 5.82 Å². The second kappa shape index (κ2) is 8.54. The number of aromatic nitrogens is 3. The molecule has 154 valence electrons. The molecule has 2 amide bonds. The molecule has 1 saturated heterocycles. The van der Waals surface area contributed by atoms with Crippen molar-refractivity contribution in [1.82, 2.24) is 20.5 Å². The molecule has 1 aliphatic rings. The quantitative estimate of drug-likeness (QED) is 0.650. The normalized spacial score (nSPS) is 15.9. The van der Waals surface area contributed by atoms with Crippen molar-refractivity contribution in [3.63, 3.8) is 0 Å². The molecule has 1 fully saturated rings. The minimum atomic E-state index is -0.578. The lowest BCUT2D eigenvalue weighted by Gasteiger charge is -2.14. The monoisotopic (exact) mass is 427 g/mol. The van der Waals surface area contributed by atoms with Crippen LogP contribution >= 0.6 is 11.3 Å². The average molecular weight is 427 g/mol. The zero-order chi connectivity index (χ0) is 21.1. The number of hydrogen-bond acceptors (Lipinski definition) is 7. The SMILES string of the molecule is CC(=O)NC[C@H]1CN(c2ccc(-c3nnc(Cc4ccccn4)s3)c(F)c2)C(=O)O1. The molecule has 4 rings (SSSR count). The van der Waals surface area contributed by atoms with Gasteiger partial charge in [0.05, 0.1) is 18.8 Å². The van der Waals surface area contributed by atoms with Gasteiger partial charge in [-0.2, -0.15) is 0 Å². The van der Waals surface area contributed by atoms with Crippen LogP contribution < -0.4 is 10.2 Å². The van der Waals surface area contributed by atoms with Crippen molar-refractivity contribution >= 4 is 29.0 Å². The Labute approximate surface area is 175 Å². The van der Waals surface area contributed by atoms with Crippen molar-refractivity contribution in [1.29, 1.82) is 0 Å². The summed E-state index contributed by atoms with van der Waals surface area (Å²) in [6, 6.07) is 10.1. The van der Waals surface area contributed by atoms with Gasteiger partial charge in [0.15, 0.2) is 5.01 Å².